The Balaban J connectivity index is 1.95. The van der Waals surface area contributed by atoms with Crippen LogP contribution in [-0.4, -0.2) is 29.8 Å². The predicted molar refractivity (Wildman–Crippen MR) is 76.8 cm³/mol. The summed E-state index contributed by atoms with van der Waals surface area (Å²) in [6.45, 7) is 1.67. The van der Waals surface area contributed by atoms with Crippen molar-refractivity contribution in [3.8, 4) is 0 Å². The summed E-state index contributed by atoms with van der Waals surface area (Å²) in [5.41, 5.74) is 0.944. The molecule has 0 spiro atoms. The smallest absolute Gasteiger partial charge is 0.127 e. The van der Waals surface area contributed by atoms with Crippen molar-refractivity contribution in [2.75, 3.05) is 13.6 Å². The molecule has 1 aromatic heterocycles. The zero-order valence-electron chi connectivity index (χ0n) is 11.8. The minimum Gasteiger partial charge on any atom is -0.303 e. The van der Waals surface area contributed by atoms with Crippen molar-refractivity contribution in [2.24, 2.45) is 5.41 Å². The number of carbonyl (C=O) groups excluding carboxylic acids is 1. The van der Waals surface area contributed by atoms with Gasteiger partial charge in [-0.25, -0.2) is 0 Å². The number of aromatic nitrogens is 1. The molecule has 1 aliphatic rings. The number of hydrogen-bond acceptors (Lipinski definition) is 3. The normalized spacial score (nSPS) is 19.1. The molecule has 0 amide bonds. The Labute approximate surface area is 116 Å². The fourth-order valence-corrected chi connectivity index (χ4v) is 3.11. The van der Waals surface area contributed by atoms with Crippen LogP contribution >= 0.6 is 0 Å². The van der Waals surface area contributed by atoms with E-state index in [0.717, 1.165) is 31.6 Å². The molecule has 0 N–H and O–H groups in total. The maximum absolute atomic E-state index is 11.6. The van der Waals surface area contributed by atoms with Crippen molar-refractivity contribution in [1.29, 1.82) is 0 Å². The lowest BCUT2D eigenvalue weighted by Crippen LogP contribution is -2.36. The first kappa shape index (κ1) is 14.2. The highest BCUT2D eigenvalue weighted by atomic mass is 16.1. The average Bonchev–Trinajstić information content (AvgIpc) is 2.66. The summed E-state index contributed by atoms with van der Waals surface area (Å²) >= 11 is 0. The molecule has 0 aliphatic heterocycles. The van der Waals surface area contributed by atoms with Gasteiger partial charge in [-0.05, 0) is 32.0 Å². The highest BCUT2D eigenvalue weighted by Gasteiger charge is 2.31. The summed E-state index contributed by atoms with van der Waals surface area (Å²) in [5.74, 6) is 0. The van der Waals surface area contributed by atoms with Crippen LogP contribution < -0.4 is 0 Å². The number of aldehydes is 1. The maximum atomic E-state index is 11.6. The van der Waals surface area contributed by atoms with E-state index in [-0.39, 0.29) is 5.41 Å². The fourth-order valence-electron chi connectivity index (χ4n) is 3.11. The second-order valence-electron chi connectivity index (χ2n) is 5.89. The van der Waals surface area contributed by atoms with Crippen molar-refractivity contribution in [1.82, 2.24) is 9.88 Å². The van der Waals surface area contributed by atoms with Crippen LogP contribution in [0, 0.1) is 5.41 Å². The largest absolute Gasteiger partial charge is 0.303 e. The minimum absolute atomic E-state index is 0.125. The van der Waals surface area contributed by atoms with Crippen LogP contribution in [0.5, 0.6) is 0 Å². The average molecular weight is 260 g/mol. The van der Waals surface area contributed by atoms with Crippen LogP contribution in [0.4, 0.5) is 0 Å². The molecule has 19 heavy (non-hydrogen) atoms. The van der Waals surface area contributed by atoms with Crippen LogP contribution in [0.3, 0.4) is 0 Å². The number of carbonyl (C=O) groups is 1. The first-order chi connectivity index (χ1) is 9.24. The lowest BCUT2D eigenvalue weighted by Gasteiger charge is -2.31. The van der Waals surface area contributed by atoms with Gasteiger partial charge in [0.2, 0.25) is 0 Å². The van der Waals surface area contributed by atoms with Crippen molar-refractivity contribution >= 4 is 6.29 Å². The molecule has 104 valence electrons. The minimum atomic E-state index is -0.125. The molecular weight excluding hydrogens is 236 g/mol. The molecule has 3 heteroatoms. The second kappa shape index (κ2) is 6.80. The van der Waals surface area contributed by atoms with Gasteiger partial charge >= 0.3 is 0 Å². The summed E-state index contributed by atoms with van der Waals surface area (Å²) in [6, 6.07) is 5.98. The van der Waals surface area contributed by atoms with Gasteiger partial charge in [0.15, 0.2) is 0 Å². The molecule has 1 saturated carbocycles. The number of hydrogen-bond donors (Lipinski definition) is 0. The van der Waals surface area contributed by atoms with Crippen LogP contribution in [0.1, 0.15) is 44.2 Å². The van der Waals surface area contributed by atoms with Gasteiger partial charge in [-0.3, -0.25) is 9.88 Å². The van der Waals surface area contributed by atoms with E-state index >= 15 is 0 Å². The number of rotatable bonds is 5. The van der Waals surface area contributed by atoms with Gasteiger partial charge in [0.25, 0.3) is 0 Å². The number of pyridine rings is 1. The molecule has 2 rings (SSSR count). The van der Waals surface area contributed by atoms with Gasteiger partial charge in [-0.1, -0.05) is 31.7 Å². The van der Waals surface area contributed by atoms with Crippen molar-refractivity contribution in [2.45, 2.75) is 45.1 Å². The van der Waals surface area contributed by atoms with E-state index in [1.165, 1.54) is 32.0 Å². The Morgan fingerprint density at radius 1 is 1.26 bits per heavy atom. The summed E-state index contributed by atoms with van der Waals surface area (Å²) in [7, 11) is 2.09. The molecule has 1 aliphatic carbocycles. The molecule has 1 heterocycles. The fraction of sp³-hybridized carbons (Fsp3) is 0.625. The van der Waals surface area contributed by atoms with Gasteiger partial charge in [0.1, 0.15) is 6.29 Å². The molecule has 0 atom stereocenters. The number of nitrogens with zero attached hydrogens (tertiary/aromatic N) is 2. The first-order valence-corrected chi connectivity index (χ1v) is 7.29. The third-order valence-corrected chi connectivity index (χ3v) is 4.09. The van der Waals surface area contributed by atoms with Crippen molar-refractivity contribution in [3.05, 3.63) is 30.1 Å². The highest BCUT2D eigenvalue weighted by Crippen LogP contribution is 2.34. The zero-order chi connectivity index (χ0) is 13.6. The molecule has 0 unspecified atom stereocenters. The van der Waals surface area contributed by atoms with E-state index in [4.69, 9.17) is 0 Å². The van der Waals surface area contributed by atoms with Gasteiger partial charge in [0, 0.05) is 24.7 Å². The van der Waals surface area contributed by atoms with E-state index in [2.05, 4.69) is 16.9 Å². The second-order valence-corrected chi connectivity index (χ2v) is 5.89. The summed E-state index contributed by atoms with van der Waals surface area (Å²) in [4.78, 5) is 18.2. The highest BCUT2D eigenvalue weighted by molar-refractivity contribution is 5.59. The van der Waals surface area contributed by atoms with Crippen LogP contribution in [0.2, 0.25) is 0 Å². The maximum Gasteiger partial charge on any atom is 0.127 e. The third kappa shape index (κ3) is 4.13. The lowest BCUT2D eigenvalue weighted by molar-refractivity contribution is -0.118. The van der Waals surface area contributed by atoms with Crippen LogP contribution in [0.15, 0.2) is 24.4 Å². The van der Waals surface area contributed by atoms with E-state index in [1.807, 2.05) is 24.4 Å². The van der Waals surface area contributed by atoms with E-state index in [0.29, 0.717) is 0 Å². The van der Waals surface area contributed by atoms with E-state index in [9.17, 15) is 4.79 Å². The molecule has 3 nitrogen and oxygen atoms in total. The molecule has 1 aromatic rings. The van der Waals surface area contributed by atoms with Crippen molar-refractivity contribution in [3.63, 3.8) is 0 Å². The van der Waals surface area contributed by atoms with Crippen molar-refractivity contribution < 1.29 is 4.79 Å². The van der Waals surface area contributed by atoms with Gasteiger partial charge in [-0.15, -0.1) is 0 Å². The molecular formula is C16H24N2O. The molecule has 0 aromatic carbocycles. The quantitative estimate of drug-likeness (QED) is 0.602. The van der Waals surface area contributed by atoms with Crippen LogP contribution in [-0.2, 0) is 11.3 Å². The van der Waals surface area contributed by atoms with Gasteiger partial charge in [0.05, 0.1) is 5.69 Å². The topological polar surface area (TPSA) is 33.2 Å². The molecule has 0 saturated heterocycles. The zero-order valence-corrected chi connectivity index (χ0v) is 11.8. The Morgan fingerprint density at radius 2 is 2.00 bits per heavy atom. The standard InChI is InChI=1S/C16H24N2O/c1-18(12-15-8-4-7-11-17-15)13-16(14-19)9-5-2-3-6-10-16/h4,7-8,11,14H,2-3,5-6,9-10,12-13H2,1H3. The molecule has 0 bridgehead atoms. The first-order valence-electron chi connectivity index (χ1n) is 7.29. The summed E-state index contributed by atoms with van der Waals surface area (Å²) < 4.78 is 0. The van der Waals surface area contributed by atoms with E-state index in [1.54, 1.807) is 0 Å². The predicted octanol–water partition coefficient (Wildman–Crippen LogP) is 3.05. The lowest BCUT2D eigenvalue weighted by atomic mass is 9.81. The molecule has 0 radical (unpaired) electrons. The monoisotopic (exact) mass is 260 g/mol. The van der Waals surface area contributed by atoms with Gasteiger partial charge in [-0.2, -0.15) is 0 Å². The summed E-state index contributed by atoms with van der Waals surface area (Å²) in [5, 5.41) is 0. The summed E-state index contributed by atoms with van der Waals surface area (Å²) in [6.07, 6.45) is 10.1. The third-order valence-electron chi connectivity index (χ3n) is 4.09. The SMILES string of the molecule is CN(Cc1ccccn1)CC1(C=O)CCCCCC1. The molecule has 1 fully saturated rings. The van der Waals surface area contributed by atoms with E-state index < -0.39 is 0 Å². The Hall–Kier alpha value is -1.22. The van der Waals surface area contributed by atoms with Crippen LogP contribution in [0.25, 0.3) is 0 Å². The van der Waals surface area contributed by atoms with Gasteiger partial charge < -0.3 is 4.79 Å². The Kier molecular flexibility index (Phi) is 5.08. The Bertz CT molecular complexity index is 383. The Morgan fingerprint density at radius 3 is 2.58 bits per heavy atom.